The van der Waals surface area contributed by atoms with Crippen LogP contribution < -0.4 is 11.1 Å². The van der Waals surface area contributed by atoms with Gasteiger partial charge in [-0.1, -0.05) is 0 Å². The first kappa shape index (κ1) is 18.5. The zero-order chi connectivity index (χ0) is 13.9. The highest BCUT2D eigenvalue weighted by molar-refractivity contribution is 7.80. The summed E-state index contributed by atoms with van der Waals surface area (Å²) in [4.78, 5) is 11.6. The summed E-state index contributed by atoms with van der Waals surface area (Å²) in [6.45, 7) is 0.0460. The van der Waals surface area contributed by atoms with Crippen LogP contribution in [-0.2, 0) is 4.79 Å². The minimum Gasteiger partial charge on any atom is -0.350 e. The highest BCUT2D eigenvalue weighted by atomic mass is 32.1. The summed E-state index contributed by atoms with van der Waals surface area (Å²) in [5, 5.41) is 3.12. The van der Waals surface area contributed by atoms with Gasteiger partial charge in [-0.05, 0) is 55.8 Å². The molecule has 0 saturated heterocycles. The number of hydrogen-bond donors (Lipinski definition) is 5. The van der Waals surface area contributed by atoms with Crippen LogP contribution in [0.15, 0.2) is 0 Å². The third kappa shape index (κ3) is 7.81. The summed E-state index contributed by atoms with van der Waals surface area (Å²) in [7, 11) is 0. The van der Waals surface area contributed by atoms with Crippen LogP contribution in [0.4, 0.5) is 0 Å². The summed E-state index contributed by atoms with van der Waals surface area (Å²) in [6.07, 6.45) is 5.82. The van der Waals surface area contributed by atoms with Gasteiger partial charge >= 0.3 is 0 Å². The molecule has 0 unspecified atom stereocenters. The Morgan fingerprint density at radius 2 is 1.33 bits per heavy atom. The van der Waals surface area contributed by atoms with Crippen molar-refractivity contribution >= 4 is 43.8 Å². The predicted molar refractivity (Wildman–Crippen MR) is 89.2 cm³/mol. The van der Waals surface area contributed by atoms with Gasteiger partial charge in [0, 0.05) is 5.54 Å². The third-order valence-corrected chi connectivity index (χ3v) is 3.98. The third-order valence-electron chi connectivity index (χ3n) is 3.03. The fraction of sp³-hybridized carbons (Fsp3) is 0.917. The van der Waals surface area contributed by atoms with E-state index in [9.17, 15) is 4.79 Å². The topological polar surface area (TPSA) is 55.1 Å². The van der Waals surface area contributed by atoms with Crippen molar-refractivity contribution in [2.75, 3.05) is 23.8 Å². The van der Waals surface area contributed by atoms with Gasteiger partial charge in [0.15, 0.2) is 0 Å². The first-order valence-corrected chi connectivity index (χ1v) is 8.37. The van der Waals surface area contributed by atoms with E-state index in [0.717, 1.165) is 55.8 Å². The minimum atomic E-state index is -0.148. The molecule has 0 aliphatic carbocycles. The SMILES string of the molecule is NCC(=O)NC(CCCS)(CCCS)CCCS. The van der Waals surface area contributed by atoms with Gasteiger partial charge in [-0.2, -0.15) is 37.9 Å². The molecule has 0 spiro atoms. The second-order valence-electron chi connectivity index (χ2n) is 4.51. The Morgan fingerprint density at radius 3 is 1.61 bits per heavy atom. The molecule has 0 aromatic rings. The van der Waals surface area contributed by atoms with E-state index >= 15 is 0 Å². The van der Waals surface area contributed by atoms with E-state index in [4.69, 9.17) is 5.73 Å². The fourth-order valence-corrected chi connectivity index (χ4v) is 2.64. The lowest BCUT2D eigenvalue weighted by atomic mass is 9.84. The lowest BCUT2D eigenvalue weighted by molar-refractivity contribution is -0.122. The average Bonchev–Trinajstić information content (AvgIpc) is 2.40. The van der Waals surface area contributed by atoms with Crippen LogP contribution >= 0.6 is 37.9 Å². The van der Waals surface area contributed by atoms with Gasteiger partial charge in [0.2, 0.25) is 5.91 Å². The number of amides is 1. The monoisotopic (exact) mass is 310 g/mol. The molecule has 3 nitrogen and oxygen atoms in total. The van der Waals surface area contributed by atoms with E-state index in [1.807, 2.05) is 0 Å². The molecule has 0 aromatic carbocycles. The molecule has 108 valence electrons. The Bertz CT molecular complexity index is 206. The zero-order valence-corrected chi connectivity index (χ0v) is 13.6. The van der Waals surface area contributed by atoms with Crippen molar-refractivity contribution in [3.05, 3.63) is 0 Å². The smallest absolute Gasteiger partial charge is 0.234 e. The molecule has 0 fully saturated rings. The van der Waals surface area contributed by atoms with Crippen LogP contribution in [0.2, 0.25) is 0 Å². The molecule has 0 heterocycles. The van der Waals surface area contributed by atoms with Crippen LogP contribution in [0.1, 0.15) is 38.5 Å². The number of hydrogen-bond acceptors (Lipinski definition) is 5. The van der Waals surface area contributed by atoms with Crippen molar-refractivity contribution in [1.82, 2.24) is 5.32 Å². The molecular weight excluding hydrogens is 284 g/mol. The van der Waals surface area contributed by atoms with E-state index in [2.05, 4.69) is 43.2 Å². The highest BCUT2D eigenvalue weighted by Gasteiger charge is 2.29. The van der Waals surface area contributed by atoms with Gasteiger partial charge < -0.3 is 11.1 Å². The largest absolute Gasteiger partial charge is 0.350 e. The first-order valence-electron chi connectivity index (χ1n) is 6.48. The van der Waals surface area contributed by atoms with E-state index in [1.165, 1.54) is 0 Å². The molecule has 0 aliphatic rings. The second kappa shape index (κ2) is 11.3. The average molecular weight is 311 g/mol. The molecule has 18 heavy (non-hydrogen) atoms. The number of thiol groups is 3. The van der Waals surface area contributed by atoms with E-state index in [1.54, 1.807) is 0 Å². The molecule has 3 N–H and O–H groups in total. The molecule has 0 atom stereocenters. The molecule has 0 radical (unpaired) electrons. The van der Waals surface area contributed by atoms with E-state index in [0.29, 0.717) is 0 Å². The first-order chi connectivity index (χ1) is 8.64. The molecule has 0 rings (SSSR count). The Morgan fingerprint density at radius 1 is 0.944 bits per heavy atom. The molecule has 0 saturated carbocycles. The maximum absolute atomic E-state index is 11.6. The number of carbonyl (C=O) groups excluding carboxylic acids is 1. The molecular formula is C12H26N2OS3. The van der Waals surface area contributed by atoms with E-state index < -0.39 is 0 Å². The van der Waals surface area contributed by atoms with Crippen molar-refractivity contribution in [3.63, 3.8) is 0 Å². The van der Waals surface area contributed by atoms with Crippen molar-refractivity contribution in [2.45, 2.75) is 44.1 Å². The normalized spacial score (nSPS) is 11.6. The Kier molecular flexibility index (Phi) is 11.6. The molecule has 6 heteroatoms. The van der Waals surface area contributed by atoms with Crippen LogP contribution in [0, 0.1) is 0 Å². The van der Waals surface area contributed by atoms with Crippen molar-refractivity contribution in [2.24, 2.45) is 5.73 Å². The van der Waals surface area contributed by atoms with Crippen molar-refractivity contribution in [3.8, 4) is 0 Å². The zero-order valence-electron chi connectivity index (χ0n) is 10.9. The van der Waals surface area contributed by atoms with Crippen molar-refractivity contribution < 1.29 is 4.79 Å². The van der Waals surface area contributed by atoms with Crippen LogP contribution in [-0.4, -0.2) is 35.2 Å². The number of nitrogens with one attached hydrogen (secondary N) is 1. The number of nitrogens with two attached hydrogens (primary N) is 1. The summed E-state index contributed by atoms with van der Waals surface area (Å²) in [6, 6.07) is 0. The van der Waals surface area contributed by atoms with Gasteiger partial charge in [-0.25, -0.2) is 0 Å². The standard InChI is InChI=1S/C12H26N2OS3/c13-10-11(15)14-12(4-1-7-16,5-2-8-17)6-3-9-18/h16-18H,1-10,13H2,(H,14,15). The van der Waals surface area contributed by atoms with Crippen LogP contribution in [0.3, 0.4) is 0 Å². The predicted octanol–water partition coefficient (Wildman–Crippen LogP) is 1.93. The maximum Gasteiger partial charge on any atom is 0.234 e. The lowest BCUT2D eigenvalue weighted by Crippen LogP contribution is -2.50. The fourth-order valence-electron chi connectivity index (χ4n) is 2.16. The van der Waals surface area contributed by atoms with Crippen LogP contribution in [0.25, 0.3) is 0 Å². The van der Waals surface area contributed by atoms with Gasteiger partial charge in [0.1, 0.15) is 0 Å². The van der Waals surface area contributed by atoms with Gasteiger partial charge in [-0.3, -0.25) is 4.79 Å². The lowest BCUT2D eigenvalue weighted by Gasteiger charge is -2.35. The van der Waals surface area contributed by atoms with Gasteiger partial charge in [-0.15, -0.1) is 0 Å². The summed E-state index contributed by atoms with van der Waals surface area (Å²) in [5.41, 5.74) is 5.26. The number of rotatable bonds is 11. The molecule has 0 aliphatic heterocycles. The maximum atomic E-state index is 11.6. The molecule has 0 aromatic heterocycles. The van der Waals surface area contributed by atoms with Gasteiger partial charge in [0.25, 0.3) is 0 Å². The Hall–Kier alpha value is 0.480. The second-order valence-corrected chi connectivity index (χ2v) is 5.86. The molecule has 1 amide bonds. The van der Waals surface area contributed by atoms with E-state index in [-0.39, 0.29) is 18.0 Å². The van der Waals surface area contributed by atoms with Crippen LogP contribution in [0.5, 0.6) is 0 Å². The summed E-state index contributed by atoms with van der Waals surface area (Å²) >= 11 is 12.8. The quantitative estimate of drug-likeness (QED) is 0.379. The minimum absolute atomic E-state index is 0.0460. The Balaban J connectivity index is 4.66. The number of carbonyl (C=O) groups is 1. The summed E-state index contributed by atoms with van der Waals surface area (Å²) in [5.74, 6) is 2.43. The molecule has 0 bridgehead atoms. The summed E-state index contributed by atoms with van der Waals surface area (Å²) < 4.78 is 0. The highest BCUT2D eigenvalue weighted by Crippen LogP contribution is 2.26. The van der Waals surface area contributed by atoms with Gasteiger partial charge in [0.05, 0.1) is 6.54 Å². The van der Waals surface area contributed by atoms with Crippen molar-refractivity contribution in [1.29, 1.82) is 0 Å². The Labute approximate surface area is 127 Å².